The quantitative estimate of drug-likeness (QED) is 0.492. The van der Waals surface area contributed by atoms with Gasteiger partial charge in [-0.2, -0.15) is 4.91 Å². The molecule has 0 aromatic heterocycles. The number of nitrogens with zero attached hydrogens (tertiary/aromatic N) is 2. The summed E-state index contributed by atoms with van der Waals surface area (Å²) < 4.78 is 0. The van der Waals surface area contributed by atoms with E-state index in [0.29, 0.717) is 6.54 Å². The first kappa shape index (κ1) is 16.7. The van der Waals surface area contributed by atoms with Gasteiger partial charge in [0.15, 0.2) is 0 Å². The van der Waals surface area contributed by atoms with Crippen LogP contribution < -0.4 is 0 Å². The smallest absolute Gasteiger partial charge is 0.106 e. The van der Waals surface area contributed by atoms with Crippen LogP contribution in [-0.4, -0.2) is 24.0 Å². The molecule has 3 aromatic carbocycles. The highest BCUT2D eigenvalue weighted by Gasteiger charge is 2.45. The molecule has 3 heteroatoms. The zero-order valence-electron chi connectivity index (χ0n) is 14.7. The third-order valence-corrected chi connectivity index (χ3v) is 5.36. The third kappa shape index (κ3) is 2.74. The van der Waals surface area contributed by atoms with Crippen LogP contribution in [0.5, 0.6) is 0 Å². The van der Waals surface area contributed by atoms with Gasteiger partial charge in [-0.25, -0.2) is 0 Å². The fraction of sp³-hybridized carbons (Fsp3) is 0.217. The molecule has 3 aromatic rings. The van der Waals surface area contributed by atoms with Crippen molar-refractivity contribution in [1.29, 1.82) is 0 Å². The molecule has 0 spiro atoms. The first-order chi connectivity index (χ1) is 12.9. The second kappa shape index (κ2) is 7.22. The van der Waals surface area contributed by atoms with E-state index in [1.165, 1.54) is 16.7 Å². The summed E-state index contributed by atoms with van der Waals surface area (Å²) in [4.78, 5) is 13.6. The monoisotopic (exact) mass is 342 g/mol. The van der Waals surface area contributed by atoms with Crippen molar-refractivity contribution < 1.29 is 0 Å². The van der Waals surface area contributed by atoms with Crippen molar-refractivity contribution in [2.24, 2.45) is 5.18 Å². The molecule has 1 aliphatic heterocycles. The molecule has 0 bridgehead atoms. The molecule has 0 radical (unpaired) electrons. The Labute approximate surface area is 154 Å². The van der Waals surface area contributed by atoms with Gasteiger partial charge >= 0.3 is 0 Å². The molecular weight excluding hydrogens is 320 g/mol. The van der Waals surface area contributed by atoms with Crippen LogP contribution >= 0.6 is 0 Å². The first-order valence-electron chi connectivity index (χ1n) is 9.10. The van der Waals surface area contributed by atoms with Crippen molar-refractivity contribution in [2.45, 2.75) is 18.0 Å². The van der Waals surface area contributed by atoms with Crippen molar-refractivity contribution in [3.63, 3.8) is 0 Å². The van der Waals surface area contributed by atoms with Crippen molar-refractivity contribution >= 4 is 0 Å². The van der Waals surface area contributed by atoms with Gasteiger partial charge in [0, 0.05) is 13.1 Å². The number of benzene rings is 3. The highest BCUT2D eigenvalue weighted by atomic mass is 16.3. The van der Waals surface area contributed by atoms with Crippen LogP contribution in [0.1, 0.15) is 23.1 Å². The predicted molar refractivity (Wildman–Crippen MR) is 105 cm³/mol. The summed E-state index contributed by atoms with van der Waals surface area (Å²) in [5.41, 5.74) is 3.21. The van der Waals surface area contributed by atoms with Crippen LogP contribution in [0.25, 0.3) is 0 Å². The molecule has 1 atom stereocenters. The minimum Gasteiger partial charge on any atom is -0.284 e. The van der Waals surface area contributed by atoms with Gasteiger partial charge in [-0.05, 0) is 23.1 Å². The van der Waals surface area contributed by atoms with Crippen LogP contribution in [-0.2, 0) is 5.54 Å². The lowest BCUT2D eigenvalue weighted by molar-refractivity contribution is 0.196. The Morgan fingerprint density at radius 2 is 1.15 bits per heavy atom. The van der Waals surface area contributed by atoms with E-state index in [9.17, 15) is 4.91 Å². The fourth-order valence-corrected chi connectivity index (χ4v) is 4.22. The summed E-state index contributed by atoms with van der Waals surface area (Å²) in [5.74, 6) is 0. The second-order valence-corrected chi connectivity index (χ2v) is 6.80. The molecule has 1 fully saturated rings. The number of hydrogen-bond acceptors (Lipinski definition) is 3. The third-order valence-electron chi connectivity index (χ3n) is 5.36. The summed E-state index contributed by atoms with van der Waals surface area (Å²) >= 11 is 0. The van der Waals surface area contributed by atoms with Gasteiger partial charge in [0.1, 0.15) is 6.04 Å². The topological polar surface area (TPSA) is 32.7 Å². The molecule has 0 amide bonds. The van der Waals surface area contributed by atoms with Crippen molar-refractivity contribution in [3.8, 4) is 0 Å². The molecule has 3 nitrogen and oxygen atoms in total. The second-order valence-electron chi connectivity index (χ2n) is 6.80. The lowest BCUT2D eigenvalue weighted by atomic mass is 9.75. The maximum absolute atomic E-state index is 11.2. The highest BCUT2D eigenvalue weighted by Crippen LogP contribution is 2.44. The number of likely N-dealkylation sites (tertiary alicyclic amines) is 1. The van der Waals surface area contributed by atoms with E-state index < -0.39 is 5.54 Å². The van der Waals surface area contributed by atoms with Gasteiger partial charge < -0.3 is 0 Å². The first-order valence-corrected chi connectivity index (χ1v) is 9.10. The van der Waals surface area contributed by atoms with Crippen LogP contribution in [0.2, 0.25) is 0 Å². The highest BCUT2D eigenvalue weighted by molar-refractivity contribution is 5.49. The largest absolute Gasteiger partial charge is 0.284 e. The van der Waals surface area contributed by atoms with Crippen LogP contribution in [0, 0.1) is 4.91 Å². The lowest BCUT2D eigenvalue weighted by Gasteiger charge is -2.43. The average molecular weight is 342 g/mol. The van der Waals surface area contributed by atoms with Crippen LogP contribution in [0.4, 0.5) is 0 Å². The Bertz CT molecular complexity index is 752. The Morgan fingerprint density at radius 1 is 0.731 bits per heavy atom. The number of nitroso groups, excluding NO2 is 1. The minimum absolute atomic E-state index is 0.148. The zero-order valence-corrected chi connectivity index (χ0v) is 14.7. The SMILES string of the molecule is O=N[C@@H]1CCN(C(c2ccccc2)(c2ccccc2)c2ccccc2)C1. The number of hydrogen-bond donors (Lipinski definition) is 0. The maximum atomic E-state index is 11.2. The molecule has 4 rings (SSSR count). The van der Waals surface area contributed by atoms with Crippen molar-refractivity contribution in [3.05, 3.63) is 113 Å². The molecule has 0 unspecified atom stereocenters. The standard InChI is InChI=1S/C23H22N2O/c26-24-22-16-17-25(18-22)23(19-10-4-1-5-11-19,20-12-6-2-7-13-20)21-14-8-3-9-15-21/h1-15,22H,16-18H2/t22-/m1/s1. The summed E-state index contributed by atoms with van der Waals surface area (Å²) in [5, 5.41) is 3.34. The van der Waals surface area contributed by atoms with Gasteiger partial charge in [0.25, 0.3) is 0 Å². The maximum Gasteiger partial charge on any atom is 0.106 e. The Kier molecular flexibility index (Phi) is 4.63. The summed E-state index contributed by atoms with van der Waals surface area (Å²) in [6.07, 6.45) is 0.803. The van der Waals surface area contributed by atoms with Crippen LogP contribution in [0.3, 0.4) is 0 Å². The minimum atomic E-state index is -0.427. The fourth-order valence-electron chi connectivity index (χ4n) is 4.22. The Balaban J connectivity index is 1.99. The van der Waals surface area contributed by atoms with Gasteiger partial charge in [-0.15, -0.1) is 0 Å². The predicted octanol–water partition coefficient (Wildman–Crippen LogP) is 4.82. The van der Waals surface area contributed by atoms with E-state index in [1.807, 2.05) is 18.2 Å². The van der Waals surface area contributed by atoms with Gasteiger partial charge in [0.2, 0.25) is 0 Å². The van der Waals surface area contributed by atoms with E-state index >= 15 is 0 Å². The molecular formula is C23H22N2O. The van der Waals surface area contributed by atoms with E-state index in [4.69, 9.17) is 0 Å². The summed E-state index contributed by atoms with van der Waals surface area (Å²) in [6.45, 7) is 1.51. The van der Waals surface area contributed by atoms with Gasteiger partial charge in [-0.3, -0.25) is 4.90 Å². The molecule has 1 saturated heterocycles. The van der Waals surface area contributed by atoms with Crippen molar-refractivity contribution in [2.75, 3.05) is 13.1 Å². The Morgan fingerprint density at radius 3 is 1.50 bits per heavy atom. The Hall–Kier alpha value is -2.78. The summed E-state index contributed by atoms with van der Waals surface area (Å²) in [6, 6.07) is 31.6. The normalized spacial score (nSPS) is 17.9. The number of rotatable bonds is 5. The summed E-state index contributed by atoms with van der Waals surface area (Å²) in [7, 11) is 0. The van der Waals surface area contributed by atoms with E-state index in [-0.39, 0.29) is 6.04 Å². The molecule has 26 heavy (non-hydrogen) atoms. The molecule has 0 saturated carbocycles. The van der Waals surface area contributed by atoms with Gasteiger partial charge in [0.05, 0.1) is 5.54 Å². The van der Waals surface area contributed by atoms with Gasteiger partial charge in [-0.1, -0.05) is 96.2 Å². The van der Waals surface area contributed by atoms with E-state index in [2.05, 4.69) is 82.9 Å². The molecule has 1 aliphatic rings. The molecule has 130 valence electrons. The average Bonchev–Trinajstić information content (AvgIpc) is 3.21. The molecule has 1 heterocycles. The molecule has 0 N–H and O–H groups in total. The van der Waals surface area contributed by atoms with Crippen LogP contribution in [0.15, 0.2) is 96.2 Å². The van der Waals surface area contributed by atoms with Crippen molar-refractivity contribution in [1.82, 2.24) is 4.90 Å². The molecule has 0 aliphatic carbocycles. The lowest BCUT2D eigenvalue weighted by Crippen LogP contribution is -2.47. The van der Waals surface area contributed by atoms with E-state index in [1.54, 1.807) is 0 Å². The zero-order chi connectivity index (χ0) is 17.8. The van der Waals surface area contributed by atoms with E-state index in [0.717, 1.165) is 13.0 Å².